The smallest absolute Gasteiger partial charge is 0.320 e. The summed E-state index contributed by atoms with van der Waals surface area (Å²) in [5, 5.41) is 0. The van der Waals surface area contributed by atoms with E-state index in [9.17, 15) is 4.79 Å². The molecule has 1 saturated heterocycles. The SMILES string of the molecule is CCCN(CCC)C(=O)N1CCN(c2ccccc2OC)CC1. The maximum Gasteiger partial charge on any atom is 0.320 e. The van der Waals surface area contributed by atoms with E-state index < -0.39 is 0 Å². The Hall–Kier alpha value is -1.91. The molecule has 2 amide bonds. The predicted octanol–water partition coefficient (Wildman–Crippen LogP) is 3.06. The van der Waals surface area contributed by atoms with E-state index in [1.165, 1.54) is 0 Å². The normalized spacial score (nSPS) is 14.7. The molecule has 0 aromatic heterocycles. The molecule has 1 aliphatic heterocycles. The van der Waals surface area contributed by atoms with Gasteiger partial charge in [0.05, 0.1) is 12.8 Å². The van der Waals surface area contributed by atoms with Crippen molar-refractivity contribution >= 4 is 11.7 Å². The van der Waals surface area contributed by atoms with Gasteiger partial charge in [-0.25, -0.2) is 4.79 Å². The molecule has 0 radical (unpaired) electrons. The number of ether oxygens (including phenoxy) is 1. The van der Waals surface area contributed by atoms with Gasteiger partial charge in [0, 0.05) is 39.3 Å². The third kappa shape index (κ3) is 4.30. The van der Waals surface area contributed by atoms with Gasteiger partial charge >= 0.3 is 6.03 Å². The monoisotopic (exact) mass is 319 g/mol. The van der Waals surface area contributed by atoms with Crippen LogP contribution >= 0.6 is 0 Å². The highest BCUT2D eigenvalue weighted by atomic mass is 16.5. The molecule has 1 fully saturated rings. The summed E-state index contributed by atoms with van der Waals surface area (Å²) in [7, 11) is 1.70. The van der Waals surface area contributed by atoms with Crippen LogP contribution in [-0.4, -0.2) is 62.2 Å². The molecular formula is C18H29N3O2. The molecule has 128 valence electrons. The van der Waals surface area contributed by atoms with Crippen LogP contribution in [0.2, 0.25) is 0 Å². The number of rotatable bonds is 6. The highest BCUT2D eigenvalue weighted by Crippen LogP contribution is 2.28. The number of carbonyl (C=O) groups is 1. The molecule has 0 N–H and O–H groups in total. The molecule has 0 aliphatic carbocycles. The minimum absolute atomic E-state index is 0.188. The molecule has 23 heavy (non-hydrogen) atoms. The standard InChI is InChI=1S/C18H29N3O2/c1-4-10-20(11-5-2)18(22)21-14-12-19(13-15-21)16-8-6-7-9-17(16)23-3/h6-9H,4-5,10-15H2,1-3H3. The first-order chi connectivity index (χ1) is 11.2. The lowest BCUT2D eigenvalue weighted by Crippen LogP contribution is -2.53. The minimum atomic E-state index is 0.188. The minimum Gasteiger partial charge on any atom is -0.495 e. The van der Waals surface area contributed by atoms with Crippen molar-refractivity contribution in [2.45, 2.75) is 26.7 Å². The van der Waals surface area contributed by atoms with Crippen molar-refractivity contribution in [2.24, 2.45) is 0 Å². The van der Waals surface area contributed by atoms with E-state index >= 15 is 0 Å². The first kappa shape index (κ1) is 17.4. The van der Waals surface area contributed by atoms with Gasteiger partial charge in [-0.1, -0.05) is 26.0 Å². The summed E-state index contributed by atoms with van der Waals surface area (Å²) in [6.45, 7) is 9.15. The second-order valence-corrected chi connectivity index (χ2v) is 5.92. The molecule has 5 nitrogen and oxygen atoms in total. The van der Waals surface area contributed by atoms with Crippen molar-refractivity contribution in [3.05, 3.63) is 24.3 Å². The van der Waals surface area contributed by atoms with Crippen LogP contribution in [-0.2, 0) is 0 Å². The Labute approximate surface area is 139 Å². The summed E-state index contributed by atoms with van der Waals surface area (Å²) in [5.41, 5.74) is 1.11. The van der Waals surface area contributed by atoms with Crippen LogP contribution in [0.25, 0.3) is 0 Å². The second kappa shape index (κ2) is 8.65. The van der Waals surface area contributed by atoms with Gasteiger partial charge in [-0.15, -0.1) is 0 Å². The first-order valence-electron chi connectivity index (χ1n) is 8.63. The quantitative estimate of drug-likeness (QED) is 0.808. The topological polar surface area (TPSA) is 36.0 Å². The Balaban J connectivity index is 1.96. The zero-order chi connectivity index (χ0) is 16.7. The lowest BCUT2D eigenvalue weighted by atomic mass is 10.2. The lowest BCUT2D eigenvalue weighted by molar-refractivity contribution is 0.150. The summed E-state index contributed by atoms with van der Waals surface area (Å²) < 4.78 is 5.44. The van der Waals surface area contributed by atoms with Crippen LogP contribution in [0.4, 0.5) is 10.5 Å². The molecule has 1 heterocycles. The number of nitrogens with zero attached hydrogens (tertiary/aromatic N) is 3. The molecule has 5 heteroatoms. The van der Waals surface area contributed by atoms with E-state index in [1.807, 2.05) is 28.0 Å². The average Bonchev–Trinajstić information content (AvgIpc) is 2.61. The summed E-state index contributed by atoms with van der Waals surface area (Å²) in [6.07, 6.45) is 2.01. The zero-order valence-electron chi connectivity index (χ0n) is 14.6. The van der Waals surface area contributed by atoms with Gasteiger partial charge < -0.3 is 19.4 Å². The summed E-state index contributed by atoms with van der Waals surface area (Å²) in [4.78, 5) is 18.9. The molecule has 0 saturated carbocycles. The van der Waals surface area contributed by atoms with Crippen molar-refractivity contribution in [1.82, 2.24) is 9.80 Å². The fourth-order valence-corrected chi connectivity index (χ4v) is 3.07. The van der Waals surface area contributed by atoms with Gasteiger partial charge in [-0.05, 0) is 25.0 Å². The van der Waals surface area contributed by atoms with Crippen LogP contribution < -0.4 is 9.64 Å². The van der Waals surface area contributed by atoms with Crippen molar-refractivity contribution < 1.29 is 9.53 Å². The van der Waals surface area contributed by atoms with Gasteiger partial charge in [-0.3, -0.25) is 0 Å². The van der Waals surface area contributed by atoms with Crippen LogP contribution in [0.3, 0.4) is 0 Å². The van der Waals surface area contributed by atoms with Crippen LogP contribution in [0, 0.1) is 0 Å². The Morgan fingerprint density at radius 3 is 2.26 bits per heavy atom. The number of hydrogen-bond donors (Lipinski definition) is 0. The maximum atomic E-state index is 12.7. The van der Waals surface area contributed by atoms with Crippen molar-refractivity contribution in [2.75, 3.05) is 51.3 Å². The van der Waals surface area contributed by atoms with Crippen LogP contribution in [0.1, 0.15) is 26.7 Å². The first-order valence-corrected chi connectivity index (χ1v) is 8.63. The number of urea groups is 1. The van der Waals surface area contributed by atoms with Crippen LogP contribution in [0.5, 0.6) is 5.75 Å². The Morgan fingerprint density at radius 2 is 1.70 bits per heavy atom. The van der Waals surface area contributed by atoms with E-state index in [4.69, 9.17) is 4.74 Å². The molecule has 0 bridgehead atoms. The molecule has 0 unspecified atom stereocenters. The number of para-hydroxylation sites is 2. The number of benzene rings is 1. The highest BCUT2D eigenvalue weighted by Gasteiger charge is 2.25. The Kier molecular flexibility index (Phi) is 6.56. The van der Waals surface area contributed by atoms with Gasteiger partial charge in [0.2, 0.25) is 0 Å². The molecule has 1 aromatic carbocycles. The summed E-state index contributed by atoms with van der Waals surface area (Å²) >= 11 is 0. The van der Waals surface area contributed by atoms with E-state index in [2.05, 4.69) is 24.8 Å². The molecule has 2 rings (SSSR count). The van der Waals surface area contributed by atoms with Gasteiger partial charge in [0.25, 0.3) is 0 Å². The van der Waals surface area contributed by atoms with Crippen molar-refractivity contribution in [3.63, 3.8) is 0 Å². The second-order valence-electron chi connectivity index (χ2n) is 5.92. The van der Waals surface area contributed by atoms with E-state index in [0.717, 1.165) is 63.5 Å². The molecule has 0 atom stereocenters. The van der Waals surface area contributed by atoms with Gasteiger partial charge in [0.15, 0.2) is 0 Å². The Morgan fingerprint density at radius 1 is 1.09 bits per heavy atom. The Bertz CT molecular complexity index is 493. The number of carbonyl (C=O) groups excluding carboxylic acids is 1. The van der Waals surface area contributed by atoms with E-state index in [1.54, 1.807) is 7.11 Å². The molecule has 1 aliphatic rings. The van der Waals surface area contributed by atoms with E-state index in [0.29, 0.717) is 0 Å². The lowest BCUT2D eigenvalue weighted by Gasteiger charge is -2.38. The third-order valence-corrected chi connectivity index (χ3v) is 4.23. The van der Waals surface area contributed by atoms with Crippen LogP contribution in [0.15, 0.2) is 24.3 Å². The van der Waals surface area contributed by atoms with Gasteiger partial charge in [0.1, 0.15) is 5.75 Å². The number of anilines is 1. The molecular weight excluding hydrogens is 290 g/mol. The zero-order valence-corrected chi connectivity index (χ0v) is 14.6. The van der Waals surface area contributed by atoms with E-state index in [-0.39, 0.29) is 6.03 Å². The number of amides is 2. The fourth-order valence-electron chi connectivity index (χ4n) is 3.07. The summed E-state index contributed by atoms with van der Waals surface area (Å²) in [5.74, 6) is 0.894. The largest absolute Gasteiger partial charge is 0.495 e. The van der Waals surface area contributed by atoms with Crippen molar-refractivity contribution in [3.8, 4) is 5.75 Å². The maximum absolute atomic E-state index is 12.7. The fraction of sp³-hybridized carbons (Fsp3) is 0.611. The van der Waals surface area contributed by atoms with Crippen molar-refractivity contribution in [1.29, 1.82) is 0 Å². The number of piperazine rings is 1. The third-order valence-electron chi connectivity index (χ3n) is 4.23. The summed E-state index contributed by atoms with van der Waals surface area (Å²) in [6, 6.07) is 8.26. The van der Waals surface area contributed by atoms with Gasteiger partial charge in [-0.2, -0.15) is 0 Å². The molecule has 0 spiro atoms. The average molecular weight is 319 g/mol. The highest BCUT2D eigenvalue weighted by molar-refractivity contribution is 5.75. The predicted molar refractivity (Wildman–Crippen MR) is 94.3 cm³/mol. The number of hydrogen-bond acceptors (Lipinski definition) is 3. The molecule has 1 aromatic rings. The number of methoxy groups -OCH3 is 1.